The average molecular weight is 326 g/mol. The van der Waals surface area contributed by atoms with Crippen molar-refractivity contribution < 1.29 is 9.13 Å². The quantitative estimate of drug-likeness (QED) is 0.938. The molecule has 1 unspecified atom stereocenters. The van der Waals surface area contributed by atoms with Crippen LogP contribution in [0.4, 0.5) is 4.39 Å². The number of hydrogen-bond acceptors (Lipinski definition) is 4. The molecule has 0 aliphatic heterocycles. The smallest absolute Gasteiger partial charge is 0.233 e. The SMILES string of the molecule is CNC(c1ccc(OC)nn1)c1cc(Br)ccc1F. The van der Waals surface area contributed by atoms with E-state index in [0.717, 1.165) is 4.47 Å². The van der Waals surface area contributed by atoms with E-state index in [-0.39, 0.29) is 11.9 Å². The van der Waals surface area contributed by atoms with Gasteiger partial charge in [-0.25, -0.2) is 4.39 Å². The molecule has 0 radical (unpaired) electrons. The van der Waals surface area contributed by atoms with Crippen molar-refractivity contribution >= 4 is 15.9 Å². The second-order valence-electron chi connectivity index (χ2n) is 3.89. The minimum absolute atomic E-state index is 0.292. The second kappa shape index (κ2) is 6.08. The topological polar surface area (TPSA) is 47.0 Å². The van der Waals surface area contributed by atoms with Crippen molar-refractivity contribution in [1.82, 2.24) is 15.5 Å². The molecule has 1 heterocycles. The van der Waals surface area contributed by atoms with Gasteiger partial charge in [-0.05, 0) is 31.3 Å². The van der Waals surface area contributed by atoms with Crippen molar-refractivity contribution in [2.24, 2.45) is 0 Å². The lowest BCUT2D eigenvalue weighted by atomic mass is 10.0. The molecule has 19 heavy (non-hydrogen) atoms. The third-order valence-electron chi connectivity index (χ3n) is 2.72. The number of halogens is 2. The highest BCUT2D eigenvalue weighted by Crippen LogP contribution is 2.26. The summed E-state index contributed by atoms with van der Waals surface area (Å²) in [7, 11) is 3.27. The fourth-order valence-electron chi connectivity index (χ4n) is 1.79. The number of ether oxygens (including phenoxy) is 1. The standard InChI is InChI=1S/C13H13BrFN3O/c1-16-13(9-7-8(14)3-4-10(9)15)11-5-6-12(19-2)18-17-11/h3-7,13,16H,1-2H3. The van der Waals surface area contributed by atoms with Crippen molar-refractivity contribution in [2.75, 3.05) is 14.2 Å². The third kappa shape index (κ3) is 3.08. The number of nitrogens with one attached hydrogen (secondary N) is 1. The summed E-state index contributed by atoms with van der Waals surface area (Å²) in [6.07, 6.45) is 0. The summed E-state index contributed by atoms with van der Waals surface area (Å²) in [4.78, 5) is 0. The summed E-state index contributed by atoms with van der Waals surface area (Å²) in [6, 6.07) is 7.89. The minimum atomic E-state index is -0.365. The van der Waals surface area contributed by atoms with E-state index in [1.807, 2.05) is 0 Å². The second-order valence-corrected chi connectivity index (χ2v) is 4.80. The molecule has 0 spiro atoms. The van der Waals surface area contributed by atoms with E-state index in [4.69, 9.17) is 4.74 Å². The maximum atomic E-state index is 13.9. The Labute approximate surface area is 119 Å². The molecule has 6 heteroatoms. The average Bonchev–Trinajstić information content (AvgIpc) is 2.44. The molecule has 1 aromatic carbocycles. The summed E-state index contributed by atoms with van der Waals surface area (Å²) in [5, 5.41) is 11.0. The zero-order valence-electron chi connectivity index (χ0n) is 10.5. The van der Waals surface area contributed by atoms with Gasteiger partial charge in [0, 0.05) is 16.1 Å². The first-order valence-corrected chi connectivity index (χ1v) is 6.45. The van der Waals surface area contributed by atoms with Crippen molar-refractivity contribution in [3.63, 3.8) is 0 Å². The number of rotatable bonds is 4. The Balaban J connectivity index is 2.40. The Morgan fingerprint density at radius 3 is 2.63 bits per heavy atom. The van der Waals surface area contributed by atoms with E-state index in [1.54, 1.807) is 31.3 Å². The molecule has 1 N–H and O–H groups in total. The summed E-state index contributed by atoms with van der Waals surface area (Å²) in [5.41, 5.74) is 1.14. The monoisotopic (exact) mass is 325 g/mol. The molecule has 4 nitrogen and oxygen atoms in total. The normalized spacial score (nSPS) is 12.2. The fraction of sp³-hybridized carbons (Fsp3) is 0.231. The zero-order chi connectivity index (χ0) is 13.8. The van der Waals surface area contributed by atoms with E-state index >= 15 is 0 Å². The maximum absolute atomic E-state index is 13.9. The molecule has 2 aromatic rings. The summed E-state index contributed by atoms with van der Waals surface area (Å²) >= 11 is 3.34. The highest BCUT2D eigenvalue weighted by atomic mass is 79.9. The van der Waals surface area contributed by atoms with Crippen LogP contribution in [-0.4, -0.2) is 24.4 Å². The molecular formula is C13H13BrFN3O. The predicted octanol–water partition coefficient (Wildman–Crippen LogP) is 2.70. The first kappa shape index (κ1) is 13.9. The number of nitrogens with zero attached hydrogens (tertiary/aromatic N) is 2. The molecule has 1 atom stereocenters. The van der Waals surface area contributed by atoms with Gasteiger partial charge in [0.2, 0.25) is 5.88 Å². The van der Waals surface area contributed by atoms with Crippen LogP contribution in [0.5, 0.6) is 5.88 Å². The Hall–Kier alpha value is -1.53. The van der Waals surface area contributed by atoms with Crippen LogP contribution in [0.1, 0.15) is 17.3 Å². The van der Waals surface area contributed by atoms with Crippen LogP contribution >= 0.6 is 15.9 Å². The molecular weight excluding hydrogens is 313 g/mol. The lowest BCUT2D eigenvalue weighted by Gasteiger charge is -2.16. The number of hydrogen-bond donors (Lipinski definition) is 1. The first-order chi connectivity index (χ1) is 9.15. The minimum Gasteiger partial charge on any atom is -0.480 e. The summed E-state index contributed by atoms with van der Waals surface area (Å²) < 4.78 is 19.7. The Morgan fingerprint density at radius 1 is 1.26 bits per heavy atom. The fourth-order valence-corrected chi connectivity index (χ4v) is 2.17. The first-order valence-electron chi connectivity index (χ1n) is 5.65. The third-order valence-corrected chi connectivity index (χ3v) is 3.22. The van der Waals surface area contributed by atoms with Crippen molar-refractivity contribution in [3.05, 3.63) is 51.9 Å². The van der Waals surface area contributed by atoms with Gasteiger partial charge < -0.3 is 10.1 Å². The van der Waals surface area contributed by atoms with Gasteiger partial charge in [0.1, 0.15) is 5.82 Å². The lowest BCUT2D eigenvalue weighted by molar-refractivity contribution is 0.390. The van der Waals surface area contributed by atoms with E-state index < -0.39 is 0 Å². The van der Waals surface area contributed by atoms with Gasteiger partial charge in [-0.3, -0.25) is 0 Å². The van der Waals surface area contributed by atoms with E-state index in [1.165, 1.54) is 13.2 Å². The van der Waals surface area contributed by atoms with Crippen LogP contribution in [0.3, 0.4) is 0 Å². The zero-order valence-corrected chi connectivity index (χ0v) is 12.1. The van der Waals surface area contributed by atoms with E-state index in [0.29, 0.717) is 17.1 Å². The highest BCUT2D eigenvalue weighted by molar-refractivity contribution is 9.10. The molecule has 0 bridgehead atoms. The van der Waals surface area contributed by atoms with E-state index in [2.05, 4.69) is 31.4 Å². The van der Waals surface area contributed by atoms with Crippen LogP contribution in [-0.2, 0) is 0 Å². The van der Waals surface area contributed by atoms with Crippen molar-refractivity contribution in [3.8, 4) is 5.88 Å². The van der Waals surface area contributed by atoms with Crippen LogP contribution in [0, 0.1) is 5.82 Å². The Kier molecular flexibility index (Phi) is 4.44. The Bertz CT molecular complexity index is 562. The maximum Gasteiger partial charge on any atom is 0.233 e. The molecule has 100 valence electrons. The van der Waals surface area contributed by atoms with Gasteiger partial charge in [-0.2, -0.15) is 0 Å². The van der Waals surface area contributed by atoms with Gasteiger partial charge in [-0.1, -0.05) is 15.9 Å². The summed E-state index contributed by atoms with van der Waals surface area (Å²) in [6.45, 7) is 0. The molecule has 0 saturated heterocycles. The Morgan fingerprint density at radius 2 is 2.05 bits per heavy atom. The van der Waals surface area contributed by atoms with Crippen LogP contribution < -0.4 is 10.1 Å². The van der Waals surface area contributed by atoms with E-state index in [9.17, 15) is 4.39 Å². The molecule has 0 amide bonds. The predicted molar refractivity (Wildman–Crippen MR) is 73.6 cm³/mol. The van der Waals surface area contributed by atoms with Crippen LogP contribution in [0.2, 0.25) is 0 Å². The van der Waals surface area contributed by atoms with Crippen molar-refractivity contribution in [2.45, 2.75) is 6.04 Å². The molecule has 0 fully saturated rings. The van der Waals surface area contributed by atoms with Gasteiger partial charge in [0.05, 0.1) is 18.8 Å². The summed E-state index contributed by atoms with van der Waals surface area (Å²) in [5.74, 6) is 0.133. The van der Waals surface area contributed by atoms with Gasteiger partial charge >= 0.3 is 0 Å². The van der Waals surface area contributed by atoms with Crippen molar-refractivity contribution in [1.29, 1.82) is 0 Å². The molecule has 2 rings (SSSR count). The van der Waals surface area contributed by atoms with Crippen LogP contribution in [0.25, 0.3) is 0 Å². The number of benzene rings is 1. The molecule has 0 aliphatic carbocycles. The number of aromatic nitrogens is 2. The van der Waals surface area contributed by atoms with Gasteiger partial charge in [0.25, 0.3) is 0 Å². The van der Waals surface area contributed by atoms with Gasteiger partial charge in [0.15, 0.2) is 0 Å². The molecule has 0 aliphatic rings. The van der Waals surface area contributed by atoms with Crippen LogP contribution in [0.15, 0.2) is 34.8 Å². The largest absolute Gasteiger partial charge is 0.480 e. The molecule has 1 aromatic heterocycles. The highest BCUT2D eigenvalue weighted by Gasteiger charge is 2.18. The number of methoxy groups -OCH3 is 1. The molecule has 0 saturated carbocycles. The van der Waals surface area contributed by atoms with Gasteiger partial charge in [-0.15, -0.1) is 10.2 Å². The lowest BCUT2D eigenvalue weighted by Crippen LogP contribution is -2.20.